The van der Waals surface area contributed by atoms with Crippen LogP contribution < -0.4 is 5.32 Å². The second kappa shape index (κ2) is 7.29. The van der Waals surface area contributed by atoms with Crippen molar-refractivity contribution in [3.63, 3.8) is 0 Å². The summed E-state index contributed by atoms with van der Waals surface area (Å²) in [6.07, 6.45) is 0.376. The van der Waals surface area contributed by atoms with Gasteiger partial charge in [-0.2, -0.15) is 0 Å². The van der Waals surface area contributed by atoms with Crippen molar-refractivity contribution in [2.75, 3.05) is 5.32 Å². The molecule has 1 amide bonds. The number of nitrogens with one attached hydrogen (secondary N) is 1. The van der Waals surface area contributed by atoms with Gasteiger partial charge in [-0.25, -0.2) is 0 Å². The first-order valence-electron chi connectivity index (χ1n) is 6.84. The molecule has 0 fully saturated rings. The van der Waals surface area contributed by atoms with E-state index in [2.05, 4.69) is 11.9 Å². The maximum atomic E-state index is 11.9. The molecular weight excluding hydrogens is 262 g/mol. The molecule has 2 aromatic rings. The third kappa shape index (κ3) is 5.15. The summed E-state index contributed by atoms with van der Waals surface area (Å²) in [5.74, 6) is 0.669. The smallest absolute Gasteiger partial charge is 0.228 e. The van der Waals surface area contributed by atoms with Crippen LogP contribution in [-0.4, -0.2) is 5.91 Å². The van der Waals surface area contributed by atoms with E-state index in [1.165, 1.54) is 0 Å². The van der Waals surface area contributed by atoms with Crippen molar-refractivity contribution < 1.29 is 9.53 Å². The Hall–Kier alpha value is -2.55. The van der Waals surface area contributed by atoms with E-state index in [1.807, 2.05) is 61.5 Å². The van der Waals surface area contributed by atoms with Crippen LogP contribution in [0.1, 0.15) is 18.1 Å². The Morgan fingerprint density at radius 1 is 1.05 bits per heavy atom. The zero-order valence-electron chi connectivity index (χ0n) is 12.1. The third-order valence-corrected chi connectivity index (χ3v) is 2.93. The first-order chi connectivity index (χ1) is 10.1. The highest BCUT2D eigenvalue weighted by Crippen LogP contribution is 2.12. The summed E-state index contributed by atoms with van der Waals surface area (Å²) >= 11 is 0. The number of benzene rings is 2. The highest BCUT2D eigenvalue weighted by Gasteiger charge is 2.04. The van der Waals surface area contributed by atoms with Crippen LogP contribution in [0.5, 0.6) is 0 Å². The fraction of sp³-hybridized carbons (Fsp3) is 0.167. The predicted molar refractivity (Wildman–Crippen MR) is 84.8 cm³/mol. The molecule has 2 aromatic carbocycles. The summed E-state index contributed by atoms with van der Waals surface area (Å²) in [5, 5.41) is 2.89. The van der Waals surface area contributed by atoms with Crippen molar-refractivity contribution in [3.8, 4) is 0 Å². The van der Waals surface area contributed by atoms with Crippen LogP contribution in [0, 0.1) is 0 Å². The standard InChI is InChI=1S/C18H19NO2/c1-14(2)21-13-16-8-10-17(11-9-16)19-18(20)12-15-6-4-3-5-7-15/h3-11H,1,12-13H2,2H3,(H,19,20). The third-order valence-electron chi connectivity index (χ3n) is 2.93. The Morgan fingerprint density at radius 3 is 2.33 bits per heavy atom. The maximum Gasteiger partial charge on any atom is 0.228 e. The number of ether oxygens (including phenoxy) is 1. The van der Waals surface area contributed by atoms with Gasteiger partial charge in [-0.05, 0) is 30.2 Å². The molecule has 0 aliphatic carbocycles. The monoisotopic (exact) mass is 281 g/mol. The minimum Gasteiger partial charge on any atom is -0.494 e. The molecular formula is C18H19NO2. The summed E-state index contributed by atoms with van der Waals surface area (Å²) in [6.45, 7) is 6.00. The van der Waals surface area contributed by atoms with Gasteiger partial charge in [0, 0.05) is 5.69 Å². The van der Waals surface area contributed by atoms with Crippen molar-refractivity contribution >= 4 is 11.6 Å². The van der Waals surface area contributed by atoms with Gasteiger partial charge in [0.1, 0.15) is 6.61 Å². The van der Waals surface area contributed by atoms with Crippen LogP contribution in [-0.2, 0) is 22.6 Å². The van der Waals surface area contributed by atoms with E-state index < -0.39 is 0 Å². The zero-order chi connectivity index (χ0) is 15.1. The number of carbonyl (C=O) groups excluding carboxylic acids is 1. The van der Waals surface area contributed by atoms with Crippen LogP contribution in [0.25, 0.3) is 0 Å². The highest BCUT2D eigenvalue weighted by atomic mass is 16.5. The Kier molecular flexibility index (Phi) is 5.16. The van der Waals surface area contributed by atoms with Crippen molar-refractivity contribution in [1.29, 1.82) is 0 Å². The van der Waals surface area contributed by atoms with E-state index in [1.54, 1.807) is 0 Å². The summed E-state index contributed by atoms with van der Waals surface area (Å²) < 4.78 is 5.35. The van der Waals surface area contributed by atoms with E-state index in [0.29, 0.717) is 18.8 Å². The first-order valence-corrected chi connectivity index (χ1v) is 6.84. The number of amides is 1. The van der Waals surface area contributed by atoms with E-state index in [9.17, 15) is 4.79 Å². The average molecular weight is 281 g/mol. The van der Waals surface area contributed by atoms with Crippen LogP contribution >= 0.6 is 0 Å². The zero-order valence-corrected chi connectivity index (χ0v) is 12.1. The summed E-state index contributed by atoms with van der Waals surface area (Å²) in [7, 11) is 0. The molecule has 0 aromatic heterocycles. The van der Waals surface area contributed by atoms with E-state index in [0.717, 1.165) is 16.8 Å². The molecule has 108 valence electrons. The number of anilines is 1. The molecule has 0 radical (unpaired) electrons. The molecule has 0 aliphatic heterocycles. The van der Waals surface area contributed by atoms with Gasteiger partial charge < -0.3 is 10.1 Å². The Balaban J connectivity index is 1.88. The molecule has 2 rings (SSSR count). The first kappa shape index (κ1) is 14.9. The van der Waals surface area contributed by atoms with Gasteiger partial charge in [0.15, 0.2) is 0 Å². The van der Waals surface area contributed by atoms with Gasteiger partial charge in [-0.1, -0.05) is 49.0 Å². The van der Waals surface area contributed by atoms with Gasteiger partial charge in [0.2, 0.25) is 5.91 Å². The molecule has 0 spiro atoms. The number of allylic oxidation sites excluding steroid dienone is 1. The SMILES string of the molecule is C=C(C)OCc1ccc(NC(=O)Cc2ccccc2)cc1. The van der Waals surface area contributed by atoms with Crippen LogP contribution in [0.2, 0.25) is 0 Å². The van der Waals surface area contributed by atoms with Crippen molar-refractivity contribution in [2.45, 2.75) is 20.0 Å². The fourth-order valence-corrected chi connectivity index (χ4v) is 1.88. The number of hydrogen-bond acceptors (Lipinski definition) is 2. The Morgan fingerprint density at radius 2 is 1.71 bits per heavy atom. The second-order valence-corrected chi connectivity index (χ2v) is 4.90. The minimum absolute atomic E-state index is 0.0212. The molecule has 3 heteroatoms. The fourth-order valence-electron chi connectivity index (χ4n) is 1.88. The Bertz CT molecular complexity index is 603. The molecule has 0 heterocycles. The van der Waals surface area contributed by atoms with E-state index in [-0.39, 0.29) is 5.91 Å². The van der Waals surface area contributed by atoms with Gasteiger partial charge in [0.25, 0.3) is 0 Å². The number of carbonyl (C=O) groups is 1. The molecule has 0 aliphatic rings. The molecule has 0 saturated carbocycles. The molecule has 0 unspecified atom stereocenters. The molecule has 3 nitrogen and oxygen atoms in total. The number of hydrogen-bond donors (Lipinski definition) is 1. The maximum absolute atomic E-state index is 11.9. The summed E-state index contributed by atoms with van der Waals surface area (Å²) in [5.41, 5.74) is 2.83. The van der Waals surface area contributed by atoms with Crippen molar-refractivity contribution in [2.24, 2.45) is 0 Å². The van der Waals surface area contributed by atoms with Crippen molar-refractivity contribution in [1.82, 2.24) is 0 Å². The number of rotatable bonds is 6. The normalized spacial score (nSPS) is 9.95. The van der Waals surface area contributed by atoms with Crippen LogP contribution in [0.15, 0.2) is 66.9 Å². The lowest BCUT2D eigenvalue weighted by Gasteiger charge is -2.08. The molecule has 0 saturated heterocycles. The lowest BCUT2D eigenvalue weighted by atomic mass is 10.1. The summed E-state index contributed by atoms with van der Waals surface area (Å²) in [4.78, 5) is 11.9. The second-order valence-electron chi connectivity index (χ2n) is 4.90. The van der Waals surface area contributed by atoms with E-state index in [4.69, 9.17) is 4.74 Å². The Labute approximate surface area is 125 Å². The highest BCUT2D eigenvalue weighted by molar-refractivity contribution is 5.92. The minimum atomic E-state index is -0.0212. The largest absolute Gasteiger partial charge is 0.494 e. The predicted octanol–water partition coefficient (Wildman–Crippen LogP) is 3.92. The lowest BCUT2D eigenvalue weighted by molar-refractivity contribution is -0.115. The molecule has 0 bridgehead atoms. The molecule has 0 atom stereocenters. The summed E-state index contributed by atoms with van der Waals surface area (Å²) in [6, 6.07) is 17.3. The van der Waals surface area contributed by atoms with Crippen LogP contribution in [0.3, 0.4) is 0 Å². The van der Waals surface area contributed by atoms with Gasteiger partial charge >= 0.3 is 0 Å². The van der Waals surface area contributed by atoms with Gasteiger partial charge in [0.05, 0.1) is 12.2 Å². The topological polar surface area (TPSA) is 38.3 Å². The van der Waals surface area contributed by atoms with Crippen molar-refractivity contribution in [3.05, 3.63) is 78.1 Å². The molecule has 21 heavy (non-hydrogen) atoms. The van der Waals surface area contributed by atoms with Gasteiger partial charge in [-0.3, -0.25) is 4.79 Å². The average Bonchev–Trinajstić information content (AvgIpc) is 2.47. The van der Waals surface area contributed by atoms with E-state index >= 15 is 0 Å². The lowest BCUT2D eigenvalue weighted by Crippen LogP contribution is -2.14. The van der Waals surface area contributed by atoms with Gasteiger partial charge in [-0.15, -0.1) is 0 Å². The molecule has 1 N–H and O–H groups in total. The quantitative estimate of drug-likeness (QED) is 0.815. The van der Waals surface area contributed by atoms with Crippen LogP contribution in [0.4, 0.5) is 5.69 Å².